The summed E-state index contributed by atoms with van der Waals surface area (Å²) < 4.78 is 5.15. The predicted octanol–water partition coefficient (Wildman–Crippen LogP) is 3.23. The fraction of sp³-hybridized carbons (Fsp3) is 0.529. The van der Waals surface area contributed by atoms with Crippen LogP contribution in [0.15, 0.2) is 30.3 Å². The highest BCUT2D eigenvalue weighted by Gasteiger charge is 2.37. The van der Waals surface area contributed by atoms with Crippen LogP contribution < -0.4 is 5.32 Å². The molecule has 5 nitrogen and oxygen atoms in total. The summed E-state index contributed by atoms with van der Waals surface area (Å²) in [5.41, 5.74) is -0.314. The molecule has 0 bridgehead atoms. The number of aliphatic carboxylic acids is 1. The molecule has 0 heterocycles. The minimum atomic E-state index is -1.08. The molecule has 0 spiro atoms. The summed E-state index contributed by atoms with van der Waals surface area (Å²) in [6.07, 6.45) is -0.193. The monoisotopic (exact) mass is 307 g/mol. The second-order valence-electron chi connectivity index (χ2n) is 7.07. The van der Waals surface area contributed by atoms with Crippen LogP contribution in [0.1, 0.15) is 40.2 Å². The zero-order chi connectivity index (χ0) is 17.0. The molecule has 0 aromatic heterocycles. The van der Waals surface area contributed by atoms with E-state index < -0.39 is 29.1 Å². The normalized spacial score (nSPS) is 13.3. The van der Waals surface area contributed by atoms with Gasteiger partial charge in [-0.25, -0.2) is 9.59 Å². The second-order valence-corrected chi connectivity index (χ2v) is 7.07. The van der Waals surface area contributed by atoms with Gasteiger partial charge in [0.2, 0.25) is 0 Å². The molecule has 0 aliphatic rings. The molecule has 0 fully saturated rings. The minimum absolute atomic E-state index is 0.528. The molecule has 0 unspecified atom stereocenters. The number of alkyl carbamates (subject to hydrolysis) is 1. The Kier molecular flexibility index (Phi) is 5.58. The van der Waals surface area contributed by atoms with Gasteiger partial charge in [-0.3, -0.25) is 0 Å². The average molecular weight is 307 g/mol. The van der Waals surface area contributed by atoms with Crippen molar-refractivity contribution in [2.45, 2.75) is 52.7 Å². The molecule has 1 atom stereocenters. The standard InChI is InChI=1S/C17H25NO4/c1-16(2,3)22-15(21)18-13(14(19)20)17(4,5)11-12-9-7-6-8-10-12/h6-10,13H,11H2,1-5H3,(H,18,21)(H,19,20)/t13-/m1/s1. The van der Waals surface area contributed by atoms with Crippen LogP contribution in [0.4, 0.5) is 4.79 Å². The van der Waals surface area contributed by atoms with Gasteiger partial charge in [-0.2, -0.15) is 0 Å². The van der Waals surface area contributed by atoms with E-state index in [0.717, 1.165) is 5.56 Å². The van der Waals surface area contributed by atoms with Crippen LogP contribution in [-0.4, -0.2) is 28.8 Å². The maximum Gasteiger partial charge on any atom is 0.408 e. The van der Waals surface area contributed by atoms with E-state index in [0.29, 0.717) is 6.42 Å². The predicted molar refractivity (Wildman–Crippen MR) is 84.7 cm³/mol. The van der Waals surface area contributed by atoms with Gasteiger partial charge in [-0.1, -0.05) is 44.2 Å². The smallest absolute Gasteiger partial charge is 0.408 e. The number of carboxylic acid groups (broad SMARTS) is 1. The molecule has 0 aliphatic heterocycles. The Morgan fingerprint density at radius 2 is 1.68 bits per heavy atom. The molecule has 1 aromatic rings. The summed E-state index contributed by atoms with van der Waals surface area (Å²) in [4.78, 5) is 23.4. The lowest BCUT2D eigenvalue weighted by Gasteiger charge is -2.32. The Hall–Kier alpha value is -2.04. The van der Waals surface area contributed by atoms with E-state index in [1.807, 2.05) is 44.2 Å². The summed E-state index contributed by atoms with van der Waals surface area (Å²) in [6, 6.07) is 8.56. The topological polar surface area (TPSA) is 75.6 Å². The van der Waals surface area contributed by atoms with E-state index in [1.165, 1.54) is 0 Å². The van der Waals surface area contributed by atoms with Gasteiger partial charge in [-0.05, 0) is 38.2 Å². The number of benzene rings is 1. The highest BCUT2D eigenvalue weighted by molar-refractivity contribution is 5.80. The molecular formula is C17H25NO4. The number of ether oxygens (including phenoxy) is 1. The third-order valence-corrected chi connectivity index (χ3v) is 3.19. The van der Waals surface area contributed by atoms with Crippen molar-refractivity contribution < 1.29 is 19.4 Å². The average Bonchev–Trinajstić information content (AvgIpc) is 2.34. The third kappa shape index (κ3) is 5.76. The summed E-state index contributed by atoms with van der Waals surface area (Å²) in [5.74, 6) is -1.08. The van der Waals surface area contributed by atoms with Crippen molar-refractivity contribution in [3.63, 3.8) is 0 Å². The maximum atomic E-state index is 11.9. The Bertz CT molecular complexity index is 517. The summed E-state index contributed by atoms with van der Waals surface area (Å²) in [5, 5.41) is 11.9. The third-order valence-electron chi connectivity index (χ3n) is 3.19. The van der Waals surface area contributed by atoms with Crippen LogP contribution >= 0.6 is 0 Å². The van der Waals surface area contributed by atoms with Crippen LogP contribution in [0.5, 0.6) is 0 Å². The molecule has 0 saturated heterocycles. The molecule has 0 radical (unpaired) electrons. The molecule has 5 heteroatoms. The molecule has 1 amide bonds. The second kappa shape index (κ2) is 6.81. The Morgan fingerprint density at radius 3 is 2.14 bits per heavy atom. The Morgan fingerprint density at radius 1 is 1.14 bits per heavy atom. The maximum absolute atomic E-state index is 11.9. The molecule has 2 N–H and O–H groups in total. The van der Waals surface area contributed by atoms with Crippen LogP contribution in [0.2, 0.25) is 0 Å². The first-order valence-corrected chi connectivity index (χ1v) is 7.27. The van der Waals surface area contributed by atoms with Crippen LogP contribution in [0.25, 0.3) is 0 Å². The molecule has 0 aliphatic carbocycles. The molecule has 122 valence electrons. The van der Waals surface area contributed by atoms with Gasteiger partial charge in [0.05, 0.1) is 0 Å². The first-order valence-electron chi connectivity index (χ1n) is 7.27. The summed E-state index contributed by atoms with van der Waals surface area (Å²) in [6.45, 7) is 8.83. The van der Waals surface area contributed by atoms with Gasteiger partial charge < -0.3 is 15.2 Å². The van der Waals surface area contributed by atoms with Crippen LogP contribution in [-0.2, 0) is 16.0 Å². The van der Waals surface area contributed by atoms with Gasteiger partial charge in [-0.15, -0.1) is 0 Å². The van der Waals surface area contributed by atoms with E-state index in [2.05, 4.69) is 5.32 Å². The van der Waals surface area contributed by atoms with Crippen LogP contribution in [0, 0.1) is 5.41 Å². The van der Waals surface area contributed by atoms with Gasteiger partial charge in [0, 0.05) is 0 Å². The van der Waals surface area contributed by atoms with E-state index >= 15 is 0 Å². The molecule has 22 heavy (non-hydrogen) atoms. The summed E-state index contributed by atoms with van der Waals surface area (Å²) >= 11 is 0. The van der Waals surface area contributed by atoms with Crippen molar-refractivity contribution in [2.24, 2.45) is 5.41 Å². The first kappa shape index (κ1) is 18.0. The number of carbonyl (C=O) groups excluding carboxylic acids is 1. The van der Waals surface area contributed by atoms with Gasteiger partial charge in [0.1, 0.15) is 11.6 Å². The molecule has 0 saturated carbocycles. The zero-order valence-electron chi connectivity index (χ0n) is 13.8. The van der Waals surface area contributed by atoms with E-state index in [1.54, 1.807) is 20.8 Å². The van der Waals surface area contributed by atoms with Crippen molar-refractivity contribution in [1.29, 1.82) is 0 Å². The largest absolute Gasteiger partial charge is 0.480 e. The van der Waals surface area contributed by atoms with Gasteiger partial charge in [0.15, 0.2) is 0 Å². The Labute approximate surface area is 131 Å². The fourth-order valence-electron chi connectivity index (χ4n) is 2.24. The SMILES string of the molecule is CC(C)(C)OC(=O)N[C@H](C(=O)O)C(C)(C)Cc1ccccc1. The van der Waals surface area contributed by atoms with Crippen molar-refractivity contribution in [3.05, 3.63) is 35.9 Å². The number of carboxylic acids is 1. The van der Waals surface area contributed by atoms with E-state index in [9.17, 15) is 14.7 Å². The number of amides is 1. The minimum Gasteiger partial charge on any atom is -0.480 e. The lowest BCUT2D eigenvalue weighted by atomic mass is 9.79. The lowest BCUT2D eigenvalue weighted by molar-refractivity contribution is -0.142. The van der Waals surface area contributed by atoms with Gasteiger partial charge in [0.25, 0.3) is 0 Å². The zero-order valence-corrected chi connectivity index (χ0v) is 13.8. The molecule has 1 aromatic carbocycles. The number of carbonyl (C=O) groups is 2. The quantitative estimate of drug-likeness (QED) is 0.875. The fourth-order valence-corrected chi connectivity index (χ4v) is 2.24. The molecule has 1 rings (SSSR count). The van der Waals surface area contributed by atoms with Crippen molar-refractivity contribution >= 4 is 12.1 Å². The first-order chi connectivity index (χ1) is 10.0. The number of hydrogen-bond donors (Lipinski definition) is 2. The van der Waals surface area contributed by atoms with Crippen molar-refractivity contribution in [3.8, 4) is 0 Å². The Balaban J connectivity index is 2.85. The lowest BCUT2D eigenvalue weighted by Crippen LogP contribution is -2.52. The highest BCUT2D eigenvalue weighted by atomic mass is 16.6. The van der Waals surface area contributed by atoms with Crippen molar-refractivity contribution in [1.82, 2.24) is 5.32 Å². The molecular weight excluding hydrogens is 282 g/mol. The number of rotatable bonds is 5. The van der Waals surface area contributed by atoms with Crippen LogP contribution in [0.3, 0.4) is 0 Å². The highest BCUT2D eigenvalue weighted by Crippen LogP contribution is 2.27. The summed E-state index contributed by atoms with van der Waals surface area (Å²) in [7, 11) is 0. The van der Waals surface area contributed by atoms with Crippen molar-refractivity contribution in [2.75, 3.05) is 0 Å². The number of nitrogens with one attached hydrogen (secondary N) is 1. The van der Waals surface area contributed by atoms with E-state index in [4.69, 9.17) is 4.74 Å². The van der Waals surface area contributed by atoms with Gasteiger partial charge >= 0.3 is 12.1 Å². The van der Waals surface area contributed by atoms with E-state index in [-0.39, 0.29) is 0 Å². The number of hydrogen-bond acceptors (Lipinski definition) is 3.